The van der Waals surface area contributed by atoms with E-state index in [9.17, 15) is 4.79 Å². The highest BCUT2D eigenvalue weighted by Gasteiger charge is 2.18. The molecule has 2 atom stereocenters. The number of aliphatic hydroxyl groups excluding tert-OH is 1. The molecular weight excluding hydrogens is 156 g/mol. The summed E-state index contributed by atoms with van der Waals surface area (Å²) in [4.78, 5) is 11.0. The first-order valence-corrected chi connectivity index (χ1v) is 4.09. The molecular formula is C8H14N2O2. The fourth-order valence-electron chi connectivity index (χ4n) is 1.15. The minimum absolute atomic E-state index is 0.0458. The van der Waals surface area contributed by atoms with E-state index >= 15 is 0 Å². The first-order chi connectivity index (χ1) is 5.74. The summed E-state index contributed by atoms with van der Waals surface area (Å²) in [6.07, 6.45) is 5.04. The maximum atomic E-state index is 11.0. The Kier molecular flexibility index (Phi) is 3.25. The maximum Gasteiger partial charge on any atom is 0.241 e. The summed E-state index contributed by atoms with van der Waals surface area (Å²) in [7, 11) is 0. The molecule has 0 radical (unpaired) electrons. The largest absolute Gasteiger partial charge is 0.396 e. The summed E-state index contributed by atoms with van der Waals surface area (Å²) in [5.41, 5.74) is 5.42. The predicted molar refractivity (Wildman–Crippen MR) is 45.4 cm³/mol. The molecule has 0 saturated heterocycles. The third kappa shape index (κ3) is 2.32. The molecule has 0 bridgehead atoms. The van der Waals surface area contributed by atoms with Crippen LogP contribution in [-0.2, 0) is 4.79 Å². The van der Waals surface area contributed by atoms with Crippen LogP contribution < -0.4 is 11.1 Å². The Labute approximate surface area is 71.4 Å². The number of carbonyl (C=O) groups is 1. The minimum atomic E-state index is -0.504. The molecule has 1 rings (SSSR count). The molecule has 4 heteroatoms. The number of nitrogens with two attached hydrogens (primary N) is 1. The van der Waals surface area contributed by atoms with E-state index in [0.29, 0.717) is 6.42 Å². The minimum Gasteiger partial charge on any atom is -0.396 e. The lowest BCUT2D eigenvalue weighted by Gasteiger charge is -2.21. The molecule has 1 heterocycles. The van der Waals surface area contributed by atoms with Gasteiger partial charge in [0.05, 0.1) is 0 Å². The van der Waals surface area contributed by atoms with Crippen LogP contribution in [0.1, 0.15) is 12.8 Å². The number of amides is 1. The van der Waals surface area contributed by atoms with Gasteiger partial charge in [0.15, 0.2) is 0 Å². The lowest BCUT2D eigenvalue weighted by atomic mass is 10.1. The molecule has 0 spiro atoms. The molecule has 0 unspecified atom stereocenters. The van der Waals surface area contributed by atoms with Gasteiger partial charge < -0.3 is 16.2 Å². The quantitative estimate of drug-likeness (QED) is 0.482. The van der Waals surface area contributed by atoms with Gasteiger partial charge >= 0.3 is 0 Å². The Bertz CT molecular complexity index is 191. The SMILES string of the molecule is N[C@@H]1C=C[C@H](CCCO)NC1=O. The van der Waals surface area contributed by atoms with Gasteiger partial charge in [-0.1, -0.05) is 12.2 Å². The third-order valence-electron chi connectivity index (χ3n) is 1.85. The highest BCUT2D eigenvalue weighted by molar-refractivity contribution is 5.85. The van der Waals surface area contributed by atoms with Gasteiger partial charge in [-0.2, -0.15) is 0 Å². The molecule has 0 saturated carbocycles. The van der Waals surface area contributed by atoms with E-state index in [0.717, 1.165) is 6.42 Å². The lowest BCUT2D eigenvalue weighted by molar-refractivity contribution is -0.122. The van der Waals surface area contributed by atoms with Gasteiger partial charge in [-0.25, -0.2) is 0 Å². The normalized spacial score (nSPS) is 28.7. The van der Waals surface area contributed by atoms with E-state index in [1.54, 1.807) is 6.08 Å². The first-order valence-electron chi connectivity index (χ1n) is 4.09. The first kappa shape index (κ1) is 9.22. The smallest absolute Gasteiger partial charge is 0.241 e. The van der Waals surface area contributed by atoms with Crippen molar-refractivity contribution in [3.05, 3.63) is 12.2 Å². The van der Waals surface area contributed by atoms with Crippen molar-refractivity contribution in [3.63, 3.8) is 0 Å². The average molecular weight is 170 g/mol. The number of rotatable bonds is 3. The number of carbonyl (C=O) groups excluding carboxylic acids is 1. The van der Waals surface area contributed by atoms with Crippen LogP contribution in [0.2, 0.25) is 0 Å². The van der Waals surface area contributed by atoms with Crippen molar-refractivity contribution in [1.82, 2.24) is 5.32 Å². The topological polar surface area (TPSA) is 75.3 Å². The van der Waals surface area contributed by atoms with Gasteiger partial charge in [0.1, 0.15) is 6.04 Å². The number of nitrogens with one attached hydrogen (secondary N) is 1. The fourth-order valence-corrected chi connectivity index (χ4v) is 1.15. The van der Waals surface area contributed by atoms with Crippen LogP contribution in [0.15, 0.2) is 12.2 Å². The van der Waals surface area contributed by atoms with Crippen LogP contribution >= 0.6 is 0 Å². The van der Waals surface area contributed by atoms with Crippen LogP contribution in [0.4, 0.5) is 0 Å². The van der Waals surface area contributed by atoms with Gasteiger partial charge in [0.2, 0.25) is 5.91 Å². The second-order valence-corrected chi connectivity index (χ2v) is 2.89. The van der Waals surface area contributed by atoms with Crippen LogP contribution in [-0.4, -0.2) is 29.7 Å². The van der Waals surface area contributed by atoms with E-state index in [4.69, 9.17) is 10.8 Å². The molecule has 0 aromatic carbocycles. The van der Waals surface area contributed by atoms with Crippen LogP contribution in [0.5, 0.6) is 0 Å². The van der Waals surface area contributed by atoms with Gasteiger partial charge in [0, 0.05) is 12.6 Å². The second-order valence-electron chi connectivity index (χ2n) is 2.89. The van der Waals surface area contributed by atoms with Crippen molar-refractivity contribution in [2.75, 3.05) is 6.61 Å². The Balaban J connectivity index is 2.39. The van der Waals surface area contributed by atoms with Gasteiger partial charge in [-0.3, -0.25) is 4.79 Å². The molecule has 1 aliphatic rings. The average Bonchev–Trinajstić information content (AvgIpc) is 2.07. The number of hydrogen-bond acceptors (Lipinski definition) is 3. The Morgan fingerprint density at radius 3 is 2.92 bits per heavy atom. The molecule has 0 aromatic heterocycles. The molecule has 4 nitrogen and oxygen atoms in total. The van der Waals surface area contributed by atoms with Gasteiger partial charge in [-0.05, 0) is 12.8 Å². The summed E-state index contributed by atoms with van der Waals surface area (Å²) >= 11 is 0. The lowest BCUT2D eigenvalue weighted by Crippen LogP contribution is -2.47. The van der Waals surface area contributed by atoms with E-state index in [1.807, 2.05) is 6.08 Å². The molecule has 4 N–H and O–H groups in total. The zero-order chi connectivity index (χ0) is 8.97. The molecule has 1 aliphatic heterocycles. The summed E-state index contributed by atoms with van der Waals surface area (Å²) in [5, 5.41) is 11.3. The molecule has 12 heavy (non-hydrogen) atoms. The highest BCUT2D eigenvalue weighted by atomic mass is 16.2. The third-order valence-corrected chi connectivity index (χ3v) is 1.85. The fraction of sp³-hybridized carbons (Fsp3) is 0.625. The molecule has 0 fully saturated rings. The van der Waals surface area contributed by atoms with Gasteiger partial charge in [0.25, 0.3) is 0 Å². The van der Waals surface area contributed by atoms with Crippen molar-refractivity contribution < 1.29 is 9.90 Å². The van der Waals surface area contributed by atoms with Crippen LogP contribution in [0, 0.1) is 0 Å². The van der Waals surface area contributed by atoms with E-state index in [2.05, 4.69) is 5.32 Å². The van der Waals surface area contributed by atoms with E-state index in [1.165, 1.54) is 0 Å². The number of hydrogen-bond donors (Lipinski definition) is 3. The Morgan fingerprint density at radius 2 is 2.33 bits per heavy atom. The summed E-state index contributed by atoms with van der Waals surface area (Å²) in [6.45, 7) is 0.159. The molecule has 1 amide bonds. The summed E-state index contributed by atoms with van der Waals surface area (Å²) in [6, 6.07) is -0.458. The highest BCUT2D eigenvalue weighted by Crippen LogP contribution is 2.04. The second kappa shape index (κ2) is 4.23. The summed E-state index contributed by atoms with van der Waals surface area (Å²) < 4.78 is 0. The van der Waals surface area contributed by atoms with E-state index < -0.39 is 6.04 Å². The zero-order valence-corrected chi connectivity index (χ0v) is 6.86. The number of aliphatic hydroxyl groups is 1. The van der Waals surface area contributed by atoms with Crippen LogP contribution in [0.3, 0.4) is 0 Å². The van der Waals surface area contributed by atoms with Crippen molar-refractivity contribution in [2.45, 2.75) is 24.9 Å². The van der Waals surface area contributed by atoms with Crippen molar-refractivity contribution >= 4 is 5.91 Å². The Morgan fingerprint density at radius 1 is 1.58 bits per heavy atom. The molecule has 0 aromatic rings. The monoisotopic (exact) mass is 170 g/mol. The van der Waals surface area contributed by atoms with Crippen molar-refractivity contribution in [2.24, 2.45) is 5.73 Å². The zero-order valence-electron chi connectivity index (χ0n) is 6.86. The molecule has 0 aliphatic carbocycles. The van der Waals surface area contributed by atoms with Gasteiger partial charge in [-0.15, -0.1) is 0 Å². The van der Waals surface area contributed by atoms with E-state index in [-0.39, 0.29) is 18.6 Å². The predicted octanol–water partition coefficient (Wildman–Crippen LogP) is -0.859. The van der Waals surface area contributed by atoms with Crippen molar-refractivity contribution in [1.29, 1.82) is 0 Å². The Hall–Kier alpha value is -0.870. The summed E-state index contributed by atoms with van der Waals surface area (Å²) in [5.74, 6) is -0.138. The molecule has 68 valence electrons. The standard InChI is InChI=1S/C8H14N2O2/c9-7-4-3-6(2-1-5-11)10-8(7)12/h3-4,6-7,11H,1-2,5,9H2,(H,10,12)/t6-,7+/m0/s1. The van der Waals surface area contributed by atoms with Crippen LogP contribution in [0.25, 0.3) is 0 Å². The maximum absolute atomic E-state index is 11.0. The van der Waals surface area contributed by atoms with Crippen molar-refractivity contribution in [3.8, 4) is 0 Å².